The number of rotatable bonds is 2. The minimum absolute atomic E-state index is 0.321. The minimum atomic E-state index is 0.321. The lowest BCUT2D eigenvalue weighted by Crippen LogP contribution is -2.34. The lowest BCUT2D eigenvalue weighted by molar-refractivity contribution is 0.171. The Kier molecular flexibility index (Phi) is 4.39. The van der Waals surface area contributed by atoms with Crippen LogP contribution >= 0.6 is 27.9 Å². The van der Waals surface area contributed by atoms with Crippen LogP contribution in [0.3, 0.4) is 0 Å². The predicted octanol–water partition coefficient (Wildman–Crippen LogP) is 3.80. The van der Waals surface area contributed by atoms with Crippen molar-refractivity contribution in [3.8, 4) is 5.75 Å². The maximum absolute atomic E-state index is 6.07. The summed E-state index contributed by atoms with van der Waals surface area (Å²) in [6, 6.07) is 4.22. The van der Waals surface area contributed by atoms with Gasteiger partial charge in [0.15, 0.2) is 0 Å². The molecule has 1 aliphatic heterocycles. The standard InChI is InChI=1S/C13H18BrNOS/c1-9-6-12(7-10(2)13(9)14)16-11-4-5-17-15(3)8-11/h6-7,11H,4-5,8H2,1-3H3. The van der Waals surface area contributed by atoms with Crippen LogP contribution in [0.1, 0.15) is 17.5 Å². The van der Waals surface area contributed by atoms with E-state index >= 15 is 0 Å². The highest BCUT2D eigenvalue weighted by molar-refractivity contribution is 9.10. The first-order valence-electron chi connectivity index (χ1n) is 5.83. The average Bonchev–Trinajstić information content (AvgIpc) is 2.26. The summed E-state index contributed by atoms with van der Waals surface area (Å²) in [4.78, 5) is 0. The largest absolute Gasteiger partial charge is 0.489 e. The number of halogens is 1. The molecule has 1 atom stereocenters. The molecule has 0 saturated carbocycles. The van der Waals surface area contributed by atoms with Gasteiger partial charge in [-0.3, -0.25) is 0 Å². The molecule has 1 heterocycles. The van der Waals surface area contributed by atoms with Crippen LogP contribution in [0.2, 0.25) is 0 Å². The third-order valence-corrected chi connectivity index (χ3v) is 5.18. The van der Waals surface area contributed by atoms with Crippen molar-refractivity contribution in [1.29, 1.82) is 0 Å². The summed E-state index contributed by atoms with van der Waals surface area (Å²) in [5.41, 5.74) is 2.47. The molecule has 1 unspecified atom stereocenters. The second-order valence-corrected chi connectivity index (χ2v) is 6.63. The van der Waals surface area contributed by atoms with E-state index in [1.807, 2.05) is 11.9 Å². The van der Waals surface area contributed by atoms with Gasteiger partial charge in [-0.05, 0) is 50.6 Å². The van der Waals surface area contributed by atoms with E-state index in [1.165, 1.54) is 15.6 Å². The van der Waals surface area contributed by atoms with Gasteiger partial charge >= 0.3 is 0 Å². The van der Waals surface area contributed by atoms with E-state index in [9.17, 15) is 0 Å². The van der Waals surface area contributed by atoms with Crippen molar-refractivity contribution in [2.75, 3.05) is 19.3 Å². The Hall–Kier alpha value is -0.190. The third-order valence-electron chi connectivity index (χ3n) is 2.92. The van der Waals surface area contributed by atoms with E-state index in [2.05, 4.69) is 53.3 Å². The maximum Gasteiger partial charge on any atom is 0.120 e. The SMILES string of the molecule is Cc1cc(OC2CCSN(C)C2)cc(C)c1Br. The maximum atomic E-state index is 6.07. The normalized spacial score (nSPS) is 21.5. The number of benzene rings is 1. The van der Waals surface area contributed by atoms with Crippen molar-refractivity contribution in [1.82, 2.24) is 4.31 Å². The number of likely N-dealkylation sites (N-methyl/N-ethyl adjacent to an activating group) is 1. The van der Waals surface area contributed by atoms with Crippen LogP contribution < -0.4 is 4.74 Å². The second kappa shape index (κ2) is 5.63. The van der Waals surface area contributed by atoms with Gasteiger partial charge in [-0.1, -0.05) is 27.9 Å². The van der Waals surface area contributed by atoms with Gasteiger partial charge < -0.3 is 4.74 Å². The Balaban J connectivity index is 2.08. The van der Waals surface area contributed by atoms with Crippen molar-refractivity contribution < 1.29 is 4.74 Å². The lowest BCUT2D eigenvalue weighted by Gasteiger charge is -2.29. The van der Waals surface area contributed by atoms with Gasteiger partial charge in [0.2, 0.25) is 0 Å². The number of ether oxygens (including phenoxy) is 1. The molecule has 1 fully saturated rings. The highest BCUT2D eigenvalue weighted by atomic mass is 79.9. The van der Waals surface area contributed by atoms with E-state index in [-0.39, 0.29) is 0 Å². The van der Waals surface area contributed by atoms with Gasteiger partial charge in [0.05, 0.1) is 0 Å². The summed E-state index contributed by atoms with van der Waals surface area (Å²) in [5.74, 6) is 2.14. The fourth-order valence-electron chi connectivity index (χ4n) is 2.03. The molecule has 4 heteroatoms. The third kappa shape index (κ3) is 3.39. The number of aryl methyl sites for hydroxylation is 2. The Bertz CT molecular complexity index is 387. The molecule has 0 aromatic heterocycles. The molecule has 0 radical (unpaired) electrons. The van der Waals surface area contributed by atoms with Crippen molar-refractivity contribution in [2.24, 2.45) is 0 Å². The Morgan fingerprint density at radius 1 is 1.35 bits per heavy atom. The van der Waals surface area contributed by atoms with E-state index in [4.69, 9.17) is 4.74 Å². The molecule has 0 bridgehead atoms. The molecular formula is C13H18BrNOS. The molecule has 17 heavy (non-hydrogen) atoms. The molecule has 0 aliphatic carbocycles. The number of hydrogen-bond acceptors (Lipinski definition) is 3. The first-order chi connectivity index (χ1) is 8.06. The van der Waals surface area contributed by atoms with Gasteiger partial charge in [0, 0.05) is 16.8 Å². The first-order valence-corrected chi connectivity index (χ1v) is 7.57. The fraction of sp³-hybridized carbons (Fsp3) is 0.538. The summed E-state index contributed by atoms with van der Waals surface area (Å²) in [5, 5.41) is 0. The van der Waals surface area contributed by atoms with Crippen molar-refractivity contribution in [3.05, 3.63) is 27.7 Å². The summed E-state index contributed by atoms with van der Waals surface area (Å²) >= 11 is 5.47. The highest BCUT2D eigenvalue weighted by Gasteiger charge is 2.19. The monoisotopic (exact) mass is 315 g/mol. The molecule has 2 rings (SSSR count). The molecule has 1 aliphatic rings. The predicted molar refractivity (Wildman–Crippen MR) is 77.7 cm³/mol. The minimum Gasteiger partial charge on any atom is -0.489 e. The van der Waals surface area contributed by atoms with E-state index in [0.717, 1.165) is 24.5 Å². The summed E-state index contributed by atoms with van der Waals surface area (Å²) in [6.45, 7) is 5.21. The summed E-state index contributed by atoms with van der Waals surface area (Å²) < 4.78 is 9.50. The number of nitrogens with zero attached hydrogens (tertiary/aromatic N) is 1. The van der Waals surface area contributed by atoms with Crippen molar-refractivity contribution >= 4 is 27.9 Å². The highest BCUT2D eigenvalue weighted by Crippen LogP contribution is 2.28. The molecule has 2 nitrogen and oxygen atoms in total. The number of hydrogen-bond donors (Lipinski definition) is 0. The van der Waals surface area contributed by atoms with Gasteiger partial charge in [-0.15, -0.1) is 0 Å². The average molecular weight is 316 g/mol. The quantitative estimate of drug-likeness (QED) is 0.770. The first kappa shape index (κ1) is 13.2. The zero-order valence-corrected chi connectivity index (χ0v) is 12.9. The molecule has 1 saturated heterocycles. The van der Waals surface area contributed by atoms with Crippen LogP contribution in [-0.4, -0.2) is 29.8 Å². The van der Waals surface area contributed by atoms with Gasteiger partial charge in [-0.25, -0.2) is 4.31 Å². The Morgan fingerprint density at radius 3 is 2.59 bits per heavy atom. The van der Waals surface area contributed by atoms with Crippen LogP contribution in [0, 0.1) is 13.8 Å². The fourth-order valence-corrected chi connectivity index (χ4v) is 3.21. The molecule has 1 aromatic rings. The molecule has 1 aromatic carbocycles. The molecular weight excluding hydrogens is 298 g/mol. The van der Waals surface area contributed by atoms with Crippen LogP contribution in [0.15, 0.2) is 16.6 Å². The van der Waals surface area contributed by atoms with Crippen LogP contribution in [0.4, 0.5) is 0 Å². The van der Waals surface area contributed by atoms with Crippen LogP contribution in [0.5, 0.6) is 5.75 Å². The molecule has 94 valence electrons. The smallest absolute Gasteiger partial charge is 0.120 e. The van der Waals surface area contributed by atoms with E-state index in [0.29, 0.717) is 6.10 Å². The second-order valence-electron chi connectivity index (χ2n) is 4.54. The topological polar surface area (TPSA) is 12.5 Å². The summed E-state index contributed by atoms with van der Waals surface area (Å²) in [7, 11) is 2.12. The molecule has 0 spiro atoms. The van der Waals surface area contributed by atoms with Crippen molar-refractivity contribution in [3.63, 3.8) is 0 Å². The Morgan fingerprint density at radius 2 is 2.00 bits per heavy atom. The molecule has 0 N–H and O–H groups in total. The van der Waals surface area contributed by atoms with Gasteiger partial charge in [0.1, 0.15) is 11.9 Å². The van der Waals surface area contributed by atoms with Crippen LogP contribution in [-0.2, 0) is 0 Å². The summed E-state index contributed by atoms with van der Waals surface area (Å²) in [6.07, 6.45) is 1.45. The zero-order valence-electron chi connectivity index (χ0n) is 10.5. The lowest BCUT2D eigenvalue weighted by atomic mass is 10.1. The van der Waals surface area contributed by atoms with E-state index < -0.39 is 0 Å². The van der Waals surface area contributed by atoms with Crippen molar-refractivity contribution in [2.45, 2.75) is 26.4 Å². The Labute approximate surface area is 116 Å². The van der Waals surface area contributed by atoms with E-state index in [1.54, 1.807) is 0 Å². The zero-order chi connectivity index (χ0) is 12.4. The van der Waals surface area contributed by atoms with Gasteiger partial charge in [0.25, 0.3) is 0 Å². The van der Waals surface area contributed by atoms with Crippen LogP contribution in [0.25, 0.3) is 0 Å². The van der Waals surface area contributed by atoms with Gasteiger partial charge in [-0.2, -0.15) is 0 Å². The molecule has 0 amide bonds.